The van der Waals surface area contributed by atoms with E-state index in [-0.39, 0.29) is 6.61 Å². The fourth-order valence-corrected chi connectivity index (χ4v) is 3.10. The summed E-state index contributed by atoms with van der Waals surface area (Å²) in [7, 11) is 0. The largest absolute Gasteiger partial charge is 0.488 e. The van der Waals surface area contributed by atoms with Crippen LogP contribution in [0.4, 0.5) is 0 Å². The second-order valence-electron chi connectivity index (χ2n) is 6.02. The molecule has 3 aromatic carbocycles. The van der Waals surface area contributed by atoms with Crippen molar-refractivity contribution in [2.75, 3.05) is 0 Å². The van der Waals surface area contributed by atoms with Crippen LogP contribution in [0.1, 0.15) is 27.8 Å². The highest BCUT2D eigenvalue weighted by molar-refractivity contribution is 9.10. The molecule has 0 saturated carbocycles. The fourth-order valence-electron chi connectivity index (χ4n) is 2.59. The average Bonchev–Trinajstić information content (AvgIpc) is 2.76. The zero-order chi connectivity index (χ0) is 20.5. The van der Waals surface area contributed by atoms with E-state index in [1.165, 1.54) is 0 Å². The SMILES string of the molecule is N#Cc1ccccc1CO/N=C\c1ccc(OCc2ccccc2C#N)c(Br)c1. The van der Waals surface area contributed by atoms with Gasteiger partial charge in [0.1, 0.15) is 19.0 Å². The Kier molecular flexibility index (Phi) is 7.00. The molecule has 0 amide bonds. The van der Waals surface area contributed by atoms with Gasteiger partial charge in [-0.3, -0.25) is 0 Å². The smallest absolute Gasteiger partial charge is 0.143 e. The number of hydrogen-bond donors (Lipinski definition) is 0. The van der Waals surface area contributed by atoms with Gasteiger partial charge in [-0.2, -0.15) is 10.5 Å². The Morgan fingerprint density at radius 1 is 0.862 bits per heavy atom. The molecule has 0 fully saturated rings. The average molecular weight is 446 g/mol. The lowest BCUT2D eigenvalue weighted by Crippen LogP contribution is -1.99. The van der Waals surface area contributed by atoms with E-state index >= 15 is 0 Å². The number of oxime groups is 1. The Morgan fingerprint density at radius 2 is 1.48 bits per heavy atom. The summed E-state index contributed by atoms with van der Waals surface area (Å²) in [6, 6.07) is 24.4. The molecule has 3 rings (SSSR count). The first-order chi connectivity index (χ1) is 14.2. The molecule has 0 aliphatic rings. The lowest BCUT2D eigenvalue weighted by molar-refractivity contribution is 0.132. The quantitative estimate of drug-likeness (QED) is 0.364. The number of hydrogen-bond acceptors (Lipinski definition) is 5. The van der Waals surface area contributed by atoms with E-state index in [0.29, 0.717) is 23.5 Å². The number of benzene rings is 3. The van der Waals surface area contributed by atoms with Crippen molar-refractivity contribution in [3.05, 3.63) is 99.0 Å². The molecule has 0 saturated heterocycles. The van der Waals surface area contributed by atoms with Crippen molar-refractivity contribution in [1.29, 1.82) is 10.5 Å². The maximum atomic E-state index is 9.15. The van der Waals surface area contributed by atoms with Crippen LogP contribution in [0.5, 0.6) is 5.75 Å². The molecule has 0 atom stereocenters. The van der Waals surface area contributed by atoms with Crippen LogP contribution >= 0.6 is 15.9 Å². The minimum absolute atomic E-state index is 0.223. The molecule has 0 aliphatic heterocycles. The maximum absolute atomic E-state index is 9.15. The second-order valence-corrected chi connectivity index (χ2v) is 6.88. The van der Waals surface area contributed by atoms with Crippen molar-refractivity contribution in [3.63, 3.8) is 0 Å². The molecule has 29 heavy (non-hydrogen) atoms. The number of nitriles is 2. The highest BCUT2D eigenvalue weighted by Gasteiger charge is 2.06. The Morgan fingerprint density at radius 3 is 2.10 bits per heavy atom. The van der Waals surface area contributed by atoms with Crippen molar-refractivity contribution in [2.45, 2.75) is 13.2 Å². The van der Waals surface area contributed by atoms with Crippen molar-refractivity contribution in [2.24, 2.45) is 5.16 Å². The summed E-state index contributed by atoms with van der Waals surface area (Å²) in [5.41, 5.74) is 3.62. The monoisotopic (exact) mass is 445 g/mol. The minimum atomic E-state index is 0.223. The van der Waals surface area contributed by atoms with Gasteiger partial charge >= 0.3 is 0 Å². The number of nitrogens with zero attached hydrogens (tertiary/aromatic N) is 3. The van der Waals surface area contributed by atoms with E-state index in [1.807, 2.05) is 54.6 Å². The van der Waals surface area contributed by atoms with Crippen LogP contribution in [0.3, 0.4) is 0 Å². The van der Waals surface area contributed by atoms with Crippen LogP contribution < -0.4 is 4.74 Å². The topological polar surface area (TPSA) is 78.4 Å². The first kappa shape index (κ1) is 20.1. The molecule has 0 bridgehead atoms. The van der Waals surface area contributed by atoms with Gasteiger partial charge in [-0.05, 0) is 51.8 Å². The molecule has 0 N–H and O–H groups in total. The van der Waals surface area contributed by atoms with Crippen molar-refractivity contribution >= 4 is 22.1 Å². The molecule has 0 unspecified atom stereocenters. The summed E-state index contributed by atoms with van der Waals surface area (Å²) in [6.45, 7) is 0.526. The van der Waals surface area contributed by atoms with Gasteiger partial charge in [0.2, 0.25) is 0 Å². The third-order valence-electron chi connectivity index (χ3n) is 4.11. The van der Waals surface area contributed by atoms with E-state index in [2.05, 4.69) is 33.2 Å². The zero-order valence-electron chi connectivity index (χ0n) is 15.4. The lowest BCUT2D eigenvalue weighted by atomic mass is 10.1. The Labute approximate surface area is 177 Å². The molecule has 0 aliphatic carbocycles. The summed E-state index contributed by atoms with van der Waals surface area (Å²) in [5, 5.41) is 22.2. The fraction of sp³-hybridized carbons (Fsp3) is 0.0870. The lowest BCUT2D eigenvalue weighted by Gasteiger charge is -2.10. The molecule has 0 spiro atoms. The van der Waals surface area contributed by atoms with E-state index in [1.54, 1.807) is 18.3 Å². The normalized spacial score (nSPS) is 10.3. The Balaban J connectivity index is 1.58. The van der Waals surface area contributed by atoms with Crippen molar-refractivity contribution in [3.8, 4) is 17.9 Å². The molecular formula is C23H16BrN3O2. The van der Waals surface area contributed by atoms with Crippen molar-refractivity contribution in [1.82, 2.24) is 0 Å². The molecular weight excluding hydrogens is 430 g/mol. The molecule has 0 heterocycles. The van der Waals surface area contributed by atoms with E-state index < -0.39 is 0 Å². The summed E-state index contributed by atoms with van der Waals surface area (Å²) < 4.78 is 6.59. The van der Waals surface area contributed by atoms with E-state index in [0.717, 1.165) is 21.2 Å². The van der Waals surface area contributed by atoms with E-state index in [9.17, 15) is 0 Å². The van der Waals surface area contributed by atoms with Gasteiger partial charge in [0.25, 0.3) is 0 Å². The Bertz CT molecular complexity index is 1110. The number of halogens is 1. The maximum Gasteiger partial charge on any atom is 0.143 e. The van der Waals surface area contributed by atoms with Crippen molar-refractivity contribution < 1.29 is 9.57 Å². The summed E-state index contributed by atoms with van der Waals surface area (Å²) in [4.78, 5) is 5.31. The molecule has 142 valence electrons. The summed E-state index contributed by atoms with van der Waals surface area (Å²) >= 11 is 3.49. The van der Waals surface area contributed by atoms with E-state index in [4.69, 9.17) is 20.1 Å². The predicted molar refractivity (Wildman–Crippen MR) is 113 cm³/mol. The minimum Gasteiger partial charge on any atom is -0.488 e. The molecule has 3 aromatic rings. The molecule has 0 radical (unpaired) electrons. The van der Waals surface area contributed by atoms with Crippen LogP contribution in [-0.4, -0.2) is 6.21 Å². The van der Waals surface area contributed by atoms with Crippen LogP contribution in [0.2, 0.25) is 0 Å². The van der Waals surface area contributed by atoms with Gasteiger partial charge in [-0.15, -0.1) is 0 Å². The van der Waals surface area contributed by atoms with Gasteiger partial charge in [-0.1, -0.05) is 41.6 Å². The van der Waals surface area contributed by atoms with Gasteiger partial charge in [0.05, 0.1) is 34.0 Å². The molecule has 5 nitrogen and oxygen atoms in total. The number of rotatable bonds is 7. The summed E-state index contributed by atoms with van der Waals surface area (Å²) in [6.07, 6.45) is 1.59. The highest BCUT2D eigenvalue weighted by atomic mass is 79.9. The second kappa shape index (κ2) is 10.1. The molecule has 0 aromatic heterocycles. The standard InChI is InChI=1S/C23H16BrN3O2/c24-22-11-17(14-27-29-16-21-8-4-2-6-19(21)13-26)9-10-23(22)28-15-20-7-3-1-5-18(20)12-25/h1-11,14H,15-16H2/b27-14-. The summed E-state index contributed by atoms with van der Waals surface area (Å²) in [5.74, 6) is 0.666. The third-order valence-corrected chi connectivity index (χ3v) is 4.73. The van der Waals surface area contributed by atoms with Crippen LogP contribution in [0, 0.1) is 22.7 Å². The van der Waals surface area contributed by atoms with Crippen LogP contribution in [-0.2, 0) is 18.1 Å². The van der Waals surface area contributed by atoms with Gasteiger partial charge < -0.3 is 9.57 Å². The molecule has 6 heteroatoms. The third kappa shape index (κ3) is 5.44. The van der Waals surface area contributed by atoms with Crippen LogP contribution in [0.25, 0.3) is 0 Å². The number of ether oxygens (including phenoxy) is 1. The predicted octanol–water partition coefficient (Wildman–Crippen LogP) is 5.32. The first-order valence-corrected chi connectivity index (χ1v) is 9.54. The Hall–Kier alpha value is -3.61. The van der Waals surface area contributed by atoms with Gasteiger partial charge in [-0.25, -0.2) is 0 Å². The van der Waals surface area contributed by atoms with Gasteiger partial charge in [0, 0.05) is 11.1 Å². The highest BCUT2D eigenvalue weighted by Crippen LogP contribution is 2.26. The van der Waals surface area contributed by atoms with Crippen LogP contribution in [0.15, 0.2) is 76.4 Å². The first-order valence-electron chi connectivity index (χ1n) is 8.75. The zero-order valence-corrected chi connectivity index (χ0v) is 17.0. The van der Waals surface area contributed by atoms with Gasteiger partial charge in [0.15, 0.2) is 0 Å².